The van der Waals surface area contributed by atoms with Gasteiger partial charge in [0.2, 0.25) is 5.91 Å². The van der Waals surface area contributed by atoms with E-state index in [1.165, 1.54) is 12.1 Å². The highest BCUT2D eigenvalue weighted by Gasteiger charge is 2.33. The highest BCUT2D eigenvalue weighted by atomic mass is 16.6. The second kappa shape index (κ2) is 11.2. The van der Waals surface area contributed by atoms with Gasteiger partial charge in [-0.25, -0.2) is 4.79 Å². The van der Waals surface area contributed by atoms with Crippen LogP contribution in [0, 0.1) is 11.3 Å². The Morgan fingerprint density at radius 2 is 1.69 bits per heavy atom. The first-order chi connectivity index (χ1) is 17.1. The Balaban J connectivity index is 1.90. The third kappa shape index (κ3) is 6.73. The molecule has 0 aliphatic carbocycles. The second-order valence-corrected chi connectivity index (χ2v) is 9.05. The number of nitrogens with one attached hydrogen (secondary N) is 2. The predicted octanol–water partition coefficient (Wildman–Crippen LogP) is 4.10. The average molecular weight is 489 g/mol. The fraction of sp³-hybridized carbons (Fsp3) is 0.259. The van der Waals surface area contributed by atoms with Crippen LogP contribution in [-0.2, 0) is 14.3 Å². The van der Waals surface area contributed by atoms with Crippen LogP contribution < -0.4 is 10.6 Å². The van der Waals surface area contributed by atoms with Gasteiger partial charge in [-0.05, 0) is 49.7 Å². The van der Waals surface area contributed by atoms with Gasteiger partial charge >= 0.3 is 6.09 Å². The van der Waals surface area contributed by atoms with Crippen molar-refractivity contribution < 1.29 is 24.2 Å². The second-order valence-electron chi connectivity index (χ2n) is 9.05. The number of hydrogen-bond acceptors (Lipinski definition) is 6. The first kappa shape index (κ1) is 26.0. The molecule has 3 aromatic carbocycles. The van der Waals surface area contributed by atoms with Gasteiger partial charge in [0.25, 0.3) is 5.91 Å². The Bertz CT molecular complexity index is 1310. The van der Waals surface area contributed by atoms with E-state index in [4.69, 9.17) is 4.74 Å². The van der Waals surface area contributed by atoms with Crippen LogP contribution in [0.4, 0.5) is 10.5 Å². The molecular formula is C27H28N4O5. The van der Waals surface area contributed by atoms with Crippen LogP contribution in [0.5, 0.6) is 5.75 Å². The number of ether oxygens (including phenoxy) is 1. The number of fused-ring (bicyclic) bond motifs is 1. The van der Waals surface area contributed by atoms with Crippen LogP contribution in [0.3, 0.4) is 0 Å². The number of carbonyl (C=O) groups excluding carboxylic acids is 3. The molecule has 1 atom stereocenters. The molecule has 0 fully saturated rings. The molecule has 1 unspecified atom stereocenters. The first-order valence-electron chi connectivity index (χ1n) is 11.3. The summed E-state index contributed by atoms with van der Waals surface area (Å²) < 4.78 is 5.15. The maximum absolute atomic E-state index is 13.5. The summed E-state index contributed by atoms with van der Waals surface area (Å²) in [4.78, 5) is 39.6. The van der Waals surface area contributed by atoms with Crippen LogP contribution in [-0.4, -0.2) is 46.6 Å². The molecule has 3 amide bonds. The van der Waals surface area contributed by atoms with E-state index < -0.39 is 42.6 Å². The molecule has 0 saturated carbocycles. The number of hydrogen-bond donors (Lipinski definition) is 3. The quantitative estimate of drug-likeness (QED) is 0.429. The first-order valence-corrected chi connectivity index (χ1v) is 11.3. The molecule has 9 heteroatoms. The number of alkyl carbamates (subject to hydrolysis) is 1. The zero-order chi connectivity index (χ0) is 26.3. The molecule has 0 heterocycles. The molecule has 0 bridgehead atoms. The van der Waals surface area contributed by atoms with Gasteiger partial charge in [-0.3, -0.25) is 9.59 Å². The van der Waals surface area contributed by atoms with Crippen molar-refractivity contribution in [3.05, 3.63) is 72.3 Å². The lowest BCUT2D eigenvalue weighted by atomic mass is 10.0. The number of phenols is 1. The molecule has 0 aliphatic rings. The zero-order valence-corrected chi connectivity index (χ0v) is 20.3. The summed E-state index contributed by atoms with van der Waals surface area (Å²) in [6.07, 6.45) is -0.813. The Hall–Kier alpha value is -4.58. The normalized spacial score (nSPS) is 11.7. The van der Waals surface area contributed by atoms with Gasteiger partial charge in [0.15, 0.2) is 0 Å². The molecule has 36 heavy (non-hydrogen) atoms. The largest absolute Gasteiger partial charge is 0.508 e. The van der Waals surface area contributed by atoms with Crippen molar-refractivity contribution >= 4 is 34.4 Å². The molecule has 0 saturated heterocycles. The van der Waals surface area contributed by atoms with Gasteiger partial charge in [0.1, 0.15) is 30.5 Å². The number of amides is 3. The van der Waals surface area contributed by atoms with E-state index in [1.807, 2.05) is 36.4 Å². The van der Waals surface area contributed by atoms with E-state index >= 15 is 0 Å². The van der Waals surface area contributed by atoms with Gasteiger partial charge in [-0.1, -0.05) is 48.5 Å². The van der Waals surface area contributed by atoms with E-state index in [0.717, 1.165) is 15.7 Å². The number of rotatable bonds is 7. The summed E-state index contributed by atoms with van der Waals surface area (Å²) in [5.41, 5.74) is -0.149. The van der Waals surface area contributed by atoms with Crippen LogP contribution >= 0.6 is 0 Å². The number of nitrogens with zero attached hydrogens (tertiary/aromatic N) is 2. The minimum absolute atomic E-state index is 0.136. The van der Waals surface area contributed by atoms with Gasteiger partial charge in [-0.15, -0.1) is 0 Å². The highest BCUT2D eigenvalue weighted by molar-refractivity contribution is 6.00. The number of phenolic OH excluding ortho intramolecular Hbond substituents is 1. The van der Waals surface area contributed by atoms with Crippen molar-refractivity contribution in [1.82, 2.24) is 10.2 Å². The molecule has 3 aromatic rings. The number of carbonyl (C=O) groups is 3. The lowest BCUT2D eigenvalue weighted by Crippen LogP contribution is -2.46. The van der Waals surface area contributed by atoms with Crippen LogP contribution in [0.2, 0.25) is 0 Å². The summed E-state index contributed by atoms with van der Waals surface area (Å²) in [5, 5.41) is 26.9. The maximum Gasteiger partial charge on any atom is 0.408 e. The summed E-state index contributed by atoms with van der Waals surface area (Å²) >= 11 is 0. The van der Waals surface area contributed by atoms with Gasteiger partial charge in [0, 0.05) is 11.3 Å². The molecule has 0 aromatic heterocycles. The van der Waals surface area contributed by atoms with E-state index in [1.54, 1.807) is 45.0 Å². The SMILES string of the molecule is CC(C)(C)OC(=O)NCC(=O)N(CC#N)C(C(=O)Nc1ccc2ccccc2c1)c1ccccc1O. The predicted molar refractivity (Wildman–Crippen MR) is 135 cm³/mol. The molecule has 3 N–H and O–H groups in total. The molecule has 0 radical (unpaired) electrons. The fourth-order valence-corrected chi connectivity index (χ4v) is 3.61. The van der Waals surface area contributed by atoms with E-state index in [-0.39, 0.29) is 11.3 Å². The summed E-state index contributed by atoms with van der Waals surface area (Å²) in [6, 6.07) is 19.6. The monoisotopic (exact) mass is 488 g/mol. The van der Waals surface area contributed by atoms with Crippen molar-refractivity contribution in [2.24, 2.45) is 0 Å². The Morgan fingerprint density at radius 1 is 1.03 bits per heavy atom. The molecule has 0 aliphatic heterocycles. The Kier molecular flexibility index (Phi) is 8.12. The third-order valence-electron chi connectivity index (χ3n) is 5.15. The van der Waals surface area contributed by atoms with Crippen molar-refractivity contribution in [2.75, 3.05) is 18.4 Å². The number of para-hydroxylation sites is 1. The molecular weight excluding hydrogens is 460 g/mol. The smallest absolute Gasteiger partial charge is 0.408 e. The Morgan fingerprint density at radius 3 is 2.36 bits per heavy atom. The van der Waals surface area contributed by atoms with Crippen LogP contribution in [0.15, 0.2) is 66.7 Å². The minimum atomic E-state index is -1.34. The lowest BCUT2D eigenvalue weighted by molar-refractivity contribution is -0.137. The van der Waals surface area contributed by atoms with Crippen LogP contribution in [0.1, 0.15) is 32.4 Å². The third-order valence-corrected chi connectivity index (χ3v) is 5.15. The topological polar surface area (TPSA) is 132 Å². The van der Waals surface area contributed by atoms with E-state index in [9.17, 15) is 24.8 Å². The Labute approximate surface area is 209 Å². The molecule has 3 rings (SSSR count). The van der Waals surface area contributed by atoms with Gasteiger partial charge < -0.3 is 25.4 Å². The molecule has 0 spiro atoms. The number of aromatic hydroxyl groups is 1. The van der Waals surface area contributed by atoms with Crippen molar-refractivity contribution in [2.45, 2.75) is 32.4 Å². The summed E-state index contributed by atoms with van der Waals surface area (Å²) in [5.74, 6) is -1.55. The maximum atomic E-state index is 13.5. The van der Waals surface area contributed by atoms with Crippen molar-refractivity contribution in [1.29, 1.82) is 5.26 Å². The lowest BCUT2D eigenvalue weighted by Gasteiger charge is -2.30. The number of nitriles is 1. The summed E-state index contributed by atoms with van der Waals surface area (Å²) in [6.45, 7) is 4.08. The number of anilines is 1. The van der Waals surface area contributed by atoms with E-state index in [0.29, 0.717) is 5.69 Å². The zero-order valence-electron chi connectivity index (χ0n) is 20.3. The van der Waals surface area contributed by atoms with Crippen LogP contribution in [0.25, 0.3) is 10.8 Å². The standard InChI is InChI=1S/C27H28N4O5/c1-27(2,3)36-26(35)29-17-23(33)31(15-14-28)24(21-10-6-7-11-22(21)32)25(34)30-20-13-12-18-8-4-5-9-19(18)16-20/h4-13,16,24,32H,15,17H2,1-3H3,(H,29,35)(H,30,34). The average Bonchev–Trinajstić information content (AvgIpc) is 2.82. The van der Waals surface area contributed by atoms with Gasteiger partial charge in [0.05, 0.1) is 6.07 Å². The highest BCUT2D eigenvalue weighted by Crippen LogP contribution is 2.30. The fourth-order valence-electron chi connectivity index (χ4n) is 3.61. The number of benzene rings is 3. The van der Waals surface area contributed by atoms with Crippen molar-refractivity contribution in [3.8, 4) is 11.8 Å². The molecule has 9 nitrogen and oxygen atoms in total. The van der Waals surface area contributed by atoms with E-state index in [2.05, 4.69) is 10.6 Å². The van der Waals surface area contributed by atoms with Gasteiger partial charge in [-0.2, -0.15) is 5.26 Å². The minimum Gasteiger partial charge on any atom is -0.508 e. The summed E-state index contributed by atoms with van der Waals surface area (Å²) in [7, 11) is 0. The van der Waals surface area contributed by atoms with Crippen molar-refractivity contribution in [3.63, 3.8) is 0 Å². The molecule has 186 valence electrons.